The molecule has 7 heteroatoms. The van der Waals surface area contributed by atoms with Gasteiger partial charge in [-0.3, -0.25) is 13.9 Å². The van der Waals surface area contributed by atoms with E-state index in [9.17, 15) is 9.59 Å². The van der Waals surface area contributed by atoms with Crippen LogP contribution in [0.1, 0.15) is 6.42 Å². The number of anilines is 2. The lowest BCUT2D eigenvalue weighted by Crippen LogP contribution is -2.24. The molecule has 1 N–H and O–H groups in total. The van der Waals surface area contributed by atoms with Crippen LogP contribution in [-0.4, -0.2) is 34.1 Å². The Morgan fingerprint density at radius 2 is 1.88 bits per heavy atom. The van der Waals surface area contributed by atoms with Crippen molar-refractivity contribution in [1.82, 2.24) is 14.1 Å². The van der Waals surface area contributed by atoms with Crippen LogP contribution in [0.4, 0.5) is 11.5 Å². The van der Waals surface area contributed by atoms with E-state index in [1.54, 1.807) is 22.4 Å². The lowest BCUT2D eigenvalue weighted by atomic mass is 10.3. The summed E-state index contributed by atoms with van der Waals surface area (Å²) in [6.07, 6.45) is 1.83. The molecule has 0 unspecified atom stereocenters. The summed E-state index contributed by atoms with van der Waals surface area (Å²) in [5.41, 5.74) is 2.21. The molecule has 0 spiro atoms. The highest BCUT2D eigenvalue weighted by molar-refractivity contribution is 5.90. The molecule has 0 saturated heterocycles. The number of nitrogens with one attached hydrogen (secondary N) is 1. The molecule has 1 aromatic carbocycles. The number of aryl methyl sites for hydroxylation is 2. The quantitative estimate of drug-likeness (QED) is 0.770. The third kappa shape index (κ3) is 3.40. The summed E-state index contributed by atoms with van der Waals surface area (Å²) in [5, 5.41) is 2.81. The van der Waals surface area contributed by atoms with E-state index in [0.717, 1.165) is 16.9 Å². The van der Waals surface area contributed by atoms with Crippen LogP contribution in [0.3, 0.4) is 0 Å². The first kappa shape index (κ1) is 16.8. The summed E-state index contributed by atoms with van der Waals surface area (Å²) in [5.74, 6) is 0.666. The fourth-order valence-electron chi connectivity index (χ4n) is 2.74. The Balaban J connectivity index is 1.69. The molecule has 0 atom stereocenters. The van der Waals surface area contributed by atoms with Crippen molar-refractivity contribution >= 4 is 28.4 Å². The van der Waals surface area contributed by atoms with Gasteiger partial charge in [-0.25, -0.2) is 9.78 Å². The molecule has 7 nitrogen and oxygen atoms in total. The first-order valence-corrected chi connectivity index (χ1v) is 8.05. The predicted molar refractivity (Wildman–Crippen MR) is 99.0 cm³/mol. The zero-order valence-electron chi connectivity index (χ0n) is 14.6. The first-order chi connectivity index (χ1) is 12.0. The van der Waals surface area contributed by atoms with Gasteiger partial charge in [0.25, 0.3) is 0 Å². The number of hydrogen-bond acceptors (Lipinski definition) is 4. The molecule has 0 aliphatic heterocycles. The maximum atomic E-state index is 12.3. The molecule has 0 saturated carbocycles. The van der Waals surface area contributed by atoms with Gasteiger partial charge in [-0.05, 0) is 24.3 Å². The number of carbonyl (C=O) groups is 1. The fourth-order valence-corrected chi connectivity index (χ4v) is 2.74. The van der Waals surface area contributed by atoms with Crippen molar-refractivity contribution < 1.29 is 4.79 Å². The average molecular weight is 339 g/mol. The van der Waals surface area contributed by atoms with Crippen molar-refractivity contribution in [1.29, 1.82) is 0 Å². The van der Waals surface area contributed by atoms with Crippen molar-refractivity contribution in [3.63, 3.8) is 0 Å². The number of hydrogen-bond donors (Lipinski definition) is 1. The zero-order chi connectivity index (χ0) is 18.0. The topological polar surface area (TPSA) is 72.2 Å². The van der Waals surface area contributed by atoms with Gasteiger partial charge in [-0.1, -0.05) is 12.1 Å². The van der Waals surface area contributed by atoms with Crippen LogP contribution in [0.25, 0.3) is 11.0 Å². The summed E-state index contributed by atoms with van der Waals surface area (Å²) in [4.78, 5) is 30.7. The van der Waals surface area contributed by atoms with Crippen molar-refractivity contribution in [2.75, 3.05) is 24.3 Å². The van der Waals surface area contributed by atoms with Gasteiger partial charge in [-0.2, -0.15) is 0 Å². The third-order valence-electron chi connectivity index (χ3n) is 4.10. The van der Waals surface area contributed by atoms with E-state index in [2.05, 4.69) is 10.3 Å². The Morgan fingerprint density at radius 1 is 1.16 bits per heavy atom. The van der Waals surface area contributed by atoms with Crippen LogP contribution >= 0.6 is 0 Å². The summed E-state index contributed by atoms with van der Waals surface area (Å²) in [7, 11) is 5.55. The maximum absolute atomic E-state index is 12.3. The molecular formula is C18H21N5O2. The molecule has 0 fully saturated rings. The molecule has 3 aromatic rings. The Hall–Kier alpha value is -3.09. The van der Waals surface area contributed by atoms with Crippen molar-refractivity contribution in [2.24, 2.45) is 7.05 Å². The maximum Gasteiger partial charge on any atom is 0.328 e. The minimum absolute atomic E-state index is 0.119. The van der Waals surface area contributed by atoms with E-state index in [1.165, 1.54) is 0 Å². The molecule has 0 aliphatic rings. The largest absolute Gasteiger partial charge is 0.363 e. The smallest absolute Gasteiger partial charge is 0.328 e. The number of rotatable bonds is 5. The van der Waals surface area contributed by atoms with Gasteiger partial charge in [0.2, 0.25) is 5.91 Å². The van der Waals surface area contributed by atoms with Gasteiger partial charge in [0.15, 0.2) is 0 Å². The SMILES string of the molecule is CN(C)c1ccc(NC(=O)CCn2c(=O)n(C)c3ccccc32)cn1. The van der Waals surface area contributed by atoms with Crippen LogP contribution in [0.2, 0.25) is 0 Å². The van der Waals surface area contributed by atoms with Gasteiger partial charge in [0.05, 0.1) is 22.9 Å². The number of aromatic nitrogens is 3. The first-order valence-electron chi connectivity index (χ1n) is 8.05. The normalized spacial score (nSPS) is 10.8. The zero-order valence-corrected chi connectivity index (χ0v) is 14.6. The summed E-state index contributed by atoms with van der Waals surface area (Å²) >= 11 is 0. The van der Waals surface area contributed by atoms with E-state index >= 15 is 0 Å². The molecule has 0 radical (unpaired) electrons. The Labute approximate surface area is 145 Å². The predicted octanol–water partition coefficient (Wildman–Crippen LogP) is 1.83. The minimum atomic E-state index is -0.153. The van der Waals surface area contributed by atoms with Crippen molar-refractivity contribution in [3.05, 3.63) is 53.1 Å². The molecule has 0 aliphatic carbocycles. The Morgan fingerprint density at radius 3 is 2.52 bits per heavy atom. The van der Waals surface area contributed by atoms with Crippen LogP contribution in [0, 0.1) is 0 Å². The number of para-hydroxylation sites is 2. The number of carbonyl (C=O) groups excluding carboxylic acids is 1. The number of nitrogens with zero attached hydrogens (tertiary/aromatic N) is 4. The molecule has 0 bridgehead atoms. The van der Waals surface area contributed by atoms with Crippen LogP contribution in [0.15, 0.2) is 47.4 Å². The molecular weight excluding hydrogens is 318 g/mol. The highest BCUT2D eigenvalue weighted by atomic mass is 16.2. The molecule has 25 heavy (non-hydrogen) atoms. The summed E-state index contributed by atoms with van der Waals surface area (Å²) < 4.78 is 3.22. The van der Waals surface area contributed by atoms with Gasteiger partial charge >= 0.3 is 5.69 Å². The molecule has 3 rings (SSSR count). The highest BCUT2D eigenvalue weighted by Crippen LogP contribution is 2.14. The van der Waals surface area contributed by atoms with Crippen LogP contribution in [-0.2, 0) is 18.4 Å². The molecule has 130 valence electrons. The molecule has 2 aromatic heterocycles. The standard InChI is InChI=1S/C18H21N5O2/c1-21(2)16-9-8-13(12-19-16)20-17(24)10-11-23-15-7-5-4-6-14(15)22(3)18(23)25/h4-9,12H,10-11H2,1-3H3,(H,20,24). The highest BCUT2D eigenvalue weighted by Gasteiger charge is 2.11. The second-order valence-electron chi connectivity index (χ2n) is 6.08. The third-order valence-corrected chi connectivity index (χ3v) is 4.10. The minimum Gasteiger partial charge on any atom is -0.363 e. The van der Waals surface area contributed by atoms with E-state index in [1.807, 2.05) is 55.4 Å². The monoisotopic (exact) mass is 339 g/mol. The lowest BCUT2D eigenvalue weighted by molar-refractivity contribution is -0.116. The van der Waals surface area contributed by atoms with E-state index < -0.39 is 0 Å². The van der Waals surface area contributed by atoms with E-state index in [4.69, 9.17) is 0 Å². The van der Waals surface area contributed by atoms with Crippen molar-refractivity contribution in [3.8, 4) is 0 Å². The Kier molecular flexibility index (Phi) is 4.56. The van der Waals surface area contributed by atoms with Gasteiger partial charge in [0, 0.05) is 34.1 Å². The van der Waals surface area contributed by atoms with Crippen molar-refractivity contribution in [2.45, 2.75) is 13.0 Å². The van der Waals surface area contributed by atoms with E-state index in [-0.39, 0.29) is 18.0 Å². The summed E-state index contributed by atoms with van der Waals surface area (Å²) in [6, 6.07) is 11.2. The number of benzene rings is 1. The van der Waals surface area contributed by atoms with Gasteiger partial charge < -0.3 is 10.2 Å². The van der Waals surface area contributed by atoms with Crippen LogP contribution < -0.4 is 15.9 Å². The lowest BCUT2D eigenvalue weighted by Gasteiger charge is -2.11. The number of pyridine rings is 1. The number of fused-ring (bicyclic) bond motifs is 1. The number of imidazole rings is 1. The van der Waals surface area contributed by atoms with E-state index in [0.29, 0.717) is 12.2 Å². The Bertz CT molecular complexity index is 954. The average Bonchev–Trinajstić information content (AvgIpc) is 2.85. The fraction of sp³-hybridized carbons (Fsp3) is 0.278. The van der Waals surface area contributed by atoms with Crippen LogP contribution in [0.5, 0.6) is 0 Å². The molecule has 1 amide bonds. The second kappa shape index (κ2) is 6.80. The number of amides is 1. The van der Waals surface area contributed by atoms with Gasteiger partial charge in [-0.15, -0.1) is 0 Å². The van der Waals surface area contributed by atoms with Gasteiger partial charge in [0.1, 0.15) is 5.82 Å². The molecule has 2 heterocycles. The second-order valence-corrected chi connectivity index (χ2v) is 6.08. The summed E-state index contributed by atoms with van der Waals surface area (Å²) in [6.45, 7) is 0.329.